The highest BCUT2D eigenvalue weighted by Crippen LogP contribution is 2.15. The van der Waals surface area contributed by atoms with Crippen LogP contribution in [0.1, 0.15) is 40.0 Å². The van der Waals surface area contributed by atoms with Gasteiger partial charge in [0.05, 0.1) is 37.1 Å². The van der Waals surface area contributed by atoms with Crippen LogP contribution >= 0.6 is 0 Å². The van der Waals surface area contributed by atoms with Crippen LogP contribution in [-0.4, -0.2) is 57.6 Å². The number of ether oxygens (including phenoxy) is 1. The smallest absolute Gasteiger partial charge is 0.0808 e. The molecule has 0 aliphatic heterocycles. The predicted molar refractivity (Wildman–Crippen MR) is 64.7 cm³/mol. The lowest BCUT2D eigenvalue weighted by Crippen LogP contribution is -2.28. The molecule has 5 nitrogen and oxygen atoms in total. The lowest BCUT2D eigenvalue weighted by molar-refractivity contribution is -0.0399. The highest BCUT2D eigenvalue weighted by molar-refractivity contribution is 4.72. The Morgan fingerprint density at radius 2 is 1.76 bits per heavy atom. The van der Waals surface area contributed by atoms with E-state index >= 15 is 0 Å². The molecule has 0 fully saturated rings. The third kappa shape index (κ3) is 10.7. The van der Waals surface area contributed by atoms with Crippen molar-refractivity contribution in [3.8, 4) is 0 Å². The van der Waals surface area contributed by atoms with E-state index in [1.165, 1.54) is 0 Å². The molecule has 0 spiro atoms. The Bertz CT molecular complexity index is 188. The summed E-state index contributed by atoms with van der Waals surface area (Å²) in [6.07, 6.45) is -0.303. The van der Waals surface area contributed by atoms with Crippen LogP contribution in [0.5, 0.6) is 0 Å². The second-order valence-corrected chi connectivity index (χ2v) is 5.23. The monoisotopic (exact) mass is 250 g/mol. The third-order valence-corrected chi connectivity index (χ3v) is 2.33. The summed E-state index contributed by atoms with van der Waals surface area (Å²) in [6, 6.07) is 0. The minimum atomic E-state index is -0.894. The molecule has 3 atom stereocenters. The second-order valence-electron chi connectivity index (χ2n) is 5.23. The minimum Gasteiger partial charge on any atom is -0.394 e. The van der Waals surface area contributed by atoms with Crippen LogP contribution < -0.4 is 0 Å². The Hall–Kier alpha value is -0.200. The van der Waals surface area contributed by atoms with Gasteiger partial charge in [0.2, 0.25) is 0 Å². The molecule has 104 valence electrons. The van der Waals surface area contributed by atoms with Crippen LogP contribution in [0.15, 0.2) is 0 Å². The highest BCUT2D eigenvalue weighted by Gasteiger charge is 2.20. The van der Waals surface area contributed by atoms with E-state index in [9.17, 15) is 10.2 Å². The second kappa shape index (κ2) is 8.00. The van der Waals surface area contributed by atoms with Gasteiger partial charge in [0, 0.05) is 6.42 Å². The Labute approximate surface area is 103 Å². The lowest BCUT2D eigenvalue weighted by Gasteiger charge is -2.23. The number of rotatable bonds is 9. The topological polar surface area (TPSA) is 90.2 Å². The standard InChI is InChI=1S/C12H26O5/c1-9(14)8-17-11(7-13)5-4-10(15)6-12(2,3)16/h9-11,13-16H,4-8H2,1-3H3. The quantitative estimate of drug-likeness (QED) is 0.464. The molecule has 0 aliphatic rings. The average Bonchev–Trinajstić information content (AvgIpc) is 2.14. The summed E-state index contributed by atoms with van der Waals surface area (Å²) in [4.78, 5) is 0. The van der Waals surface area contributed by atoms with Gasteiger partial charge in [0.25, 0.3) is 0 Å². The van der Waals surface area contributed by atoms with E-state index in [0.29, 0.717) is 19.3 Å². The van der Waals surface area contributed by atoms with Gasteiger partial charge in [-0.15, -0.1) is 0 Å². The first-order chi connectivity index (χ1) is 7.74. The van der Waals surface area contributed by atoms with Crippen molar-refractivity contribution < 1.29 is 25.2 Å². The molecule has 0 saturated carbocycles. The van der Waals surface area contributed by atoms with E-state index in [-0.39, 0.29) is 19.3 Å². The average molecular weight is 250 g/mol. The fraction of sp³-hybridized carbons (Fsp3) is 1.00. The molecule has 0 aromatic rings. The molecular weight excluding hydrogens is 224 g/mol. The molecule has 3 unspecified atom stereocenters. The maximum atomic E-state index is 9.66. The summed E-state index contributed by atoms with van der Waals surface area (Å²) in [5.74, 6) is 0. The fourth-order valence-electron chi connectivity index (χ4n) is 1.56. The Morgan fingerprint density at radius 1 is 1.18 bits per heavy atom. The zero-order valence-electron chi connectivity index (χ0n) is 11.0. The van der Waals surface area contributed by atoms with Crippen molar-refractivity contribution in [2.75, 3.05) is 13.2 Å². The first-order valence-electron chi connectivity index (χ1n) is 6.05. The molecular formula is C12H26O5. The van der Waals surface area contributed by atoms with E-state index in [1.54, 1.807) is 20.8 Å². The van der Waals surface area contributed by atoms with Gasteiger partial charge in [0.1, 0.15) is 0 Å². The molecule has 4 N–H and O–H groups in total. The van der Waals surface area contributed by atoms with Gasteiger partial charge in [-0.25, -0.2) is 0 Å². The van der Waals surface area contributed by atoms with E-state index in [4.69, 9.17) is 14.9 Å². The molecule has 0 amide bonds. The van der Waals surface area contributed by atoms with Gasteiger partial charge in [-0.3, -0.25) is 0 Å². The number of hydrogen-bond donors (Lipinski definition) is 4. The van der Waals surface area contributed by atoms with Gasteiger partial charge in [-0.05, 0) is 33.6 Å². The van der Waals surface area contributed by atoms with Gasteiger partial charge >= 0.3 is 0 Å². The molecule has 0 aromatic carbocycles. The Morgan fingerprint density at radius 3 is 2.18 bits per heavy atom. The summed E-state index contributed by atoms with van der Waals surface area (Å²) in [7, 11) is 0. The minimum absolute atomic E-state index is 0.137. The summed E-state index contributed by atoms with van der Waals surface area (Å²) in [5.41, 5.74) is -0.894. The van der Waals surface area contributed by atoms with Gasteiger partial charge < -0.3 is 25.2 Å². The van der Waals surface area contributed by atoms with E-state index in [1.807, 2.05) is 0 Å². The van der Waals surface area contributed by atoms with Crippen LogP contribution in [0.4, 0.5) is 0 Å². The van der Waals surface area contributed by atoms with Crippen molar-refractivity contribution in [3.63, 3.8) is 0 Å². The van der Waals surface area contributed by atoms with Crippen LogP contribution in [0.3, 0.4) is 0 Å². The Kier molecular flexibility index (Phi) is 7.91. The van der Waals surface area contributed by atoms with Crippen molar-refractivity contribution >= 4 is 0 Å². The number of hydrogen-bond acceptors (Lipinski definition) is 5. The lowest BCUT2D eigenvalue weighted by atomic mass is 9.97. The predicted octanol–water partition coefficient (Wildman–Crippen LogP) is 0.0468. The molecule has 0 radical (unpaired) electrons. The molecule has 0 heterocycles. The third-order valence-electron chi connectivity index (χ3n) is 2.33. The van der Waals surface area contributed by atoms with Crippen molar-refractivity contribution in [2.45, 2.75) is 63.9 Å². The molecule has 0 rings (SSSR count). The first kappa shape index (κ1) is 16.8. The largest absolute Gasteiger partial charge is 0.394 e. The van der Waals surface area contributed by atoms with Crippen LogP contribution in [0.2, 0.25) is 0 Å². The first-order valence-corrected chi connectivity index (χ1v) is 6.05. The maximum Gasteiger partial charge on any atom is 0.0808 e. The molecule has 17 heavy (non-hydrogen) atoms. The molecule has 0 saturated heterocycles. The highest BCUT2D eigenvalue weighted by atomic mass is 16.5. The van der Waals surface area contributed by atoms with Gasteiger partial charge in [-0.1, -0.05) is 0 Å². The van der Waals surface area contributed by atoms with Crippen LogP contribution in [0.25, 0.3) is 0 Å². The SMILES string of the molecule is CC(O)COC(CO)CCC(O)CC(C)(C)O. The number of aliphatic hydroxyl groups excluding tert-OH is 3. The molecule has 0 bridgehead atoms. The molecule has 5 heteroatoms. The van der Waals surface area contributed by atoms with Crippen molar-refractivity contribution in [2.24, 2.45) is 0 Å². The van der Waals surface area contributed by atoms with E-state index in [0.717, 1.165) is 0 Å². The number of aliphatic hydroxyl groups is 4. The van der Waals surface area contributed by atoms with E-state index in [2.05, 4.69) is 0 Å². The van der Waals surface area contributed by atoms with E-state index < -0.39 is 17.8 Å². The van der Waals surface area contributed by atoms with Crippen LogP contribution in [-0.2, 0) is 4.74 Å². The van der Waals surface area contributed by atoms with Crippen molar-refractivity contribution in [1.82, 2.24) is 0 Å². The van der Waals surface area contributed by atoms with Crippen LogP contribution in [0, 0.1) is 0 Å². The molecule has 0 aromatic heterocycles. The van der Waals surface area contributed by atoms with Gasteiger partial charge in [-0.2, -0.15) is 0 Å². The Balaban J connectivity index is 3.82. The van der Waals surface area contributed by atoms with Gasteiger partial charge in [0.15, 0.2) is 0 Å². The van der Waals surface area contributed by atoms with Crippen molar-refractivity contribution in [3.05, 3.63) is 0 Å². The summed E-state index contributed by atoms with van der Waals surface area (Å²) < 4.78 is 5.26. The zero-order valence-corrected chi connectivity index (χ0v) is 11.0. The maximum absolute atomic E-state index is 9.66. The van der Waals surface area contributed by atoms with Crippen molar-refractivity contribution in [1.29, 1.82) is 0 Å². The molecule has 0 aliphatic carbocycles. The normalized spacial score (nSPS) is 17.8. The fourth-order valence-corrected chi connectivity index (χ4v) is 1.56. The summed E-state index contributed by atoms with van der Waals surface area (Å²) in [5, 5.41) is 37.3. The zero-order chi connectivity index (χ0) is 13.5. The summed E-state index contributed by atoms with van der Waals surface area (Å²) in [6.45, 7) is 4.93. The summed E-state index contributed by atoms with van der Waals surface area (Å²) >= 11 is 0.